The highest BCUT2D eigenvalue weighted by Gasteiger charge is 2.32. The third-order valence-electron chi connectivity index (χ3n) is 6.06. The summed E-state index contributed by atoms with van der Waals surface area (Å²) in [6, 6.07) is 24.4. The lowest BCUT2D eigenvalue weighted by molar-refractivity contribution is -0.133. The van der Waals surface area contributed by atoms with E-state index in [0.29, 0.717) is 13.0 Å². The normalized spacial score (nSPS) is 16.6. The minimum absolute atomic E-state index is 0.0927. The van der Waals surface area contributed by atoms with E-state index < -0.39 is 0 Å². The van der Waals surface area contributed by atoms with Crippen LogP contribution in [0, 0.1) is 0 Å². The topological polar surface area (TPSA) is 38.8 Å². The molecule has 1 aliphatic rings. The molecule has 0 spiro atoms. The number of hydrogen-bond donors (Lipinski definition) is 0. The number of carbonyl (C=O) groups is 1. The van der Waals surface area contributed by atoms with E-state index in [4.69, 9.17) is 9.47 Å². The number of hydrogen-bond acceptors (Lipinski definition) is 3. The number of likely N-dealkylation sites (tertiary alicyclic amines) is 1. The Hall–Kier alpha value is -3.27. The maximum absolute atomic E-state index is 13.3. The lowest BCUT2D eigenvalue weighted by Gasteiger charge is -2.33. The summed E-state index contributed by atoms with van der Waals surface area (Å²) in [5.41, 5.74) is 4.42. The molecule has 4 nitrogen and oxygen atoms in total. The Kier molecular flexibility index (Phi) is 6.56. The zero-order valence-corrected chi connectivity index (χ0v) is 18.2. The molecule has 1 aliphatic heterocycles. The molecule has 160 valence electrons. The molecule has 1 fully saturated rings. The van der Waals surface area contributed by atoms with Gasteiger partial charge in [0.05, 0.1) is 25.8 Å². The lowest BCUT2D eigenvalue weighted by Crippen LogP contribution is -2.33. The molecular formula is C27H29NO3. The summed E-state index contributed by atoms with van der Waals surface area (Å²) in [6.45, 7) is 0.551. The van der Waals surface area contributed by atoms with Crippen LogP contribution in [0.25, 0.3) is 11.1 Å². The number of carbonyl (C=O) groups excluding carboxylic acids is 1. The average molecular weight is 416 g/mol. The first-order valence-corrected chi connectivity index (χ1v) is 10.9. The fourth-order valence-corrected chi connectivity index (χ4v) is 4.54. The number of ether oxygens (including phenoxy) is 2. The van der Waals surface area contributed by atoms with Gasteiger partial charge in [0.1, 0.15) is 11.5 Å². The molecule has 0 saturated carbocycles. The van der Waals surface area contributed by atoms with Gasteiger partial charge in [-0.3, -0.25) is 4.79 Å². The molecule has 0 radical (unpaired) electrons. The number of benzene rings is 3. The van der Waals surface area contributed by atoms with Crippen LogP contribution in [0.3, 0.4) is 0 Å². The smallest absolute Gasteiger partial charge is 0.223 e. The molecule has 0 N–H and O–H groups in total. The molecule has 1 atom stereocenters. The van der Waals surface area contributed by atoms with Crippen molar-refractivity contribution in [1.82, 2.24) is 4.90 Å². The van der Waals surface area contributed by atoms with Crippen molar-refractivity contribution in [3.63, 3.8) is 0 Å². The number of methoxy groups -OCH3 is 2. The van der Waals surface area contributed by atoms with E-state index in [9.17, 15) is 4.79 Å². The molecule has 0 aliphatic carbocycles. The van der Waals surface area contributed by atoms with Gasteiger partial charge in [-0.2, -0.15) is 0 Å². The van der Waals surface area contributed by atoms with Crippen molar-refractivity contribution in [3.05, 3.63) is 83.9 Å². The summed E-state index contributed by atoms with van der Waals surface area (Å²) in [5, 5.41) is 0. The largest absolute Gasteiger partial charge is 0.496 e. The van der Waals surface area contributed by atoms with Crippen LogP contribution >= 0.6 is 0 Å². The van der Waals surface area contributed by atoms with Gasteiger partial charge in [-0.15, -0.1) is 0 Å². The van der Waals surface area contributed by atoms with Gasteiger partial charge in [0.25, 0.3) is 0 Å². The number of nitrogens with zero attached hydrogens (tertiary/aromatic N) is 1. The Morgan fingerprint density at radius 2 is 1.52 bits per heavy atom. The van der Waals surface area contributed by atoms with Crippen molar-refractivity contribution < 1.29 is 14.3 Å². The Balaban J connectivity index is 1.77. The van der Waals surface area contributed by atoms with E-state index in [-0.39, 0.29) is 11.9 Å². The summed E-state index contributed by atoms with van der Waals surface area (Å²) in [6.07, 6.45) is 3.36. The van der Waals surface area contributed by atoms with Gasteiger partial charge in [-0.25, -0.2) is 0 Å². The van der Waals surface area contributed by atoms with E-state index in [1.54, 1.807) is 14.2 Å². The molecule has 0 aromatic heterocycles. The zero-order chi connectivity index (χ0) is 21.6. The highest BCUT2D eigenvalue weighted by molar-refractivity contribution is 5.78. The van der Waals surface area contributed by atoms with Crippen LogP contribution in [0.15, 0.2) is 72.8 Å². The Labute approximate surface area is 184 Å². The monoisotopic (exact) mass is 415 g/mol. The molecule has 1 amide bonds. The van der Waals surface area contributed by atoms with Gasteiger partial charge in [0, 0.05) is 13.0 Å². The third kappa shape index (κ3) is 4.43. The van der Waals surface area contributed by atoms with Crippen LogP contribution in [0.5, 0.6) is 11.5 Å². The Morgan fingerprint density at radius 1 is 0.839 bits per heavy atom. The van der Waals surface area contributed by atoms with Crippen LogP contribution in [-0.2, 0) is 11.3 Å². The van der Waals surface area contributed by atoms with E-state index in [2.05, 4.69) is 30.3 Å². The summed E-state index contributed by atoms with van der Waals surface area (Å²) in [5.74, 6) is 1.71. The van der Waals surface area contributed by atoms with Crippen molar-refractivity contribution in [1.29, 1.82) is 0 Å². The predicted octanol–water partition coefficient (Wildman–Crippen LogP) is 6.01. The number of rotatable bonds is 6. The second kappa shape index (κ2) is 9.69. The molecule has 1 heterocycles. The number of amides is 1. The fraction of sp³-hybridized carbons (Fsp3) is 0.296. The van der Waals surface area contributed by atoms with Gasteiger partial charge in [0.2, 0.25) is 5.91 Å². The fourth-order valence-electron chi connectivity index (χ4n) is 4.54. The first kappa shape index (κ1) is 21.0. The summed E-state index contributed by atoms with van der Waals surface area (Å²) in [7, 11) is 3.34. The van der Waals surface area contributed by atoms with Crippen molar-refractivity contribution >= 4 is 5.91 Å². The van der Waals surface area contributed by atoms with Gasteiger partial charge in [-0.05, 0) is 41.7 Å². The summed E-state index contributed by atoms with van der Waals surface area (Å²) in [4.78, 5) is 15.3. The van der Waals surface area contributed by atoms with Gasteiger partial charge >= 0.3 is 0 Å². The highest BCUT2D eigenvalue weighted by atomic mass is 16.5. The lowest BCUT2D eigenvalue weighted by atomic mass is 9.96. The van der Waals surface area contributed by atoms with E-state index in [1.807, 2.05) is 47.4 Å². The molecule has 3 aromatic carbocycles. The van der Waals surface area contributed by atoms with Crippen molar-refractivity contribution in [2.75, 3.05) is 14.2 Å². The average Bonchev–Trinajstić information content (AvgIpc) is 3.00. The second-order valence-corrected chi connectivity index (χ2v) is 7.88. The Morgan fingerprint density at radius 3 is 2.23 bits per heavy atom. The van der Waals surface area contributed by atoms with Crippen molar-refractivity contribution in [2.45, 2.75) is 38.3 Å². The quantitative estimate of drug-likeness (QED) is 0.494. The van der Waals surface area contributed by atoms with Crippen LogP contribution in [-0.4, -0.2) is 25.0 Å². The van der Waals surface area contributed by atoms with Crippen molar-refractivity contribution in [2.24, 2.45) is 0 Å². The van der Waals surface area contributed by atoms with Crippen LogP contribution in [0.4, 0.5) is 0 Å². The molecule has 31 heavy (non-hydrogen) atoms. The minimum atomic E-state index is -0.0927. The van der Waals surface area contributed by atoms with E-state index in [0.717, 1.165) is 53.0 Å². The van der Waals surface area contributed by atoms with Gasteiger partial charge in [0.15, 0.2) is 0 Å². The zero-order valence-electron chi connectivity index (χ0n) is 18.2. The van der Waals surface area contributed by atoms with E-state index >= 15 is 0 Å². The molecule has 0 bridgehead atoms. The molecule has 1 unspecified atom stereocenters. The molecule has 3 aromatic rings. The molecule has 4 heteroatoms. The van der Waals surface area contributed by atoms with Crippen LogP contribution in [0.1, 0.15) is 42.9 Å². The van der Waals surface area contributed by atoms with Crippen LogP contribution < -0.4 is 9.47 Å². The Bertz CT molecular complexity index is 1010. The first-order chi connectivity index (χ1) is 15.2. The molecule has 1 saturated heterocycles. The maximum atomic E-state index is 13.3. The molecule has 4 rings (SSSR count). The second-order valence-electron chi connectivity index (χ2n) is 7.88. The first-order valence-electron chi connectivity index (χ1n) is 10.9. The third-order valence-corrected chi connectivity index (χ3v) is 6.06. The minimum Gasteiger partial charge on any atom is -0.496 e. The summed E-state index contributed by atoms with van der Waals surface area (Å²) < 4.78 is 11.4. The SMILES string of the molecule is COc1cccc(OC)c1C1CCCCC(=O)N1Cc1ccccc1-c1ccccc1. The van der Waals surface area contributed by atoms with Crippen LogP contribution in [0.2, 0.25) is 0 Å². The van der Waals surface area contributed by atoms with Gasteiger partial charge < -0.3 is 14.4 Å². The maximum Gasteiger partial charge on any atom is 0.223 e. The standard InChI is InChI=1S/C27H29NO3/c1-30-24-16-10-17-25(31-2)27(24)23-15-8-9-18-26(29)28(23)19-21-13-6-7-14-22(21)20-11-4-3-5-12-20/h3-7,10-14,16-17,23H,8-9,15,18-19H2,1-2H3. The predicted molar refractivity (Wildman–Crippen MR) is 123 cm³/mol. The van der Waals surface area contributed by atoms with E-state index in [1.165, 1.54) is 0 Å². The highest BCUT2D eigenvalue weighted by Crippen LogP contribution is 2.42. The molecular weight excluding hydrogens is 386 g/mol. The summed E-state index contributed by atoms with van der Waals surface area (Å²) >= 11 is 0. The van der Waals surface area contributed by atoms with Crippen molar-refractivity contribution in [3.8, 4) is 22.6 Å². The van der Waals surface area contributed by atoms with Gasteiger partial charge in [-0.1, -0.05) is 67.1 Å².